The van der Waals surface area contributed by atoms with E-state index >= 15 is 0 Å². The molecule has 20 heavy (non-hydrogen) atoms. The minimum atomic E-state index is -0.558. The first-order valence-corrected chi connectivity index (χ1v) is 7.20. The van der Waals surface area contributed by atoms with E-state index in [0.29, 0.717) is 6.42 Å². The topological polar surface area (TPSA) is 32.3 Å². The highest BCUT2D eigenvalue weighted by Gasteiger charge is 2.24. The van der Waals surface area contributed by atoms with Gasteiger partial charge in [-0.15, -0.1) is 0 Å². The highest BCUT2D eigenvalue weighted by atomic mass is 79.9. The van der Waals surface area contributed by atoms with Crippen molar-refractivity contribution in [1.82, 2.24) is 0 Å². The summed E-state index contributed by atoms with van der Waals surface area (Å²) in [4.78, 5) is 0. The van der Waals surface area contributed by atoms with Gasteiger partial charge >= 0.3 is 0 Å². The smallest absolute Gasteiger partial charge is 0.123 e. The Morgan fingerprint density at radius 1 is 1.20 bits per heavy atom. The first kappa shape index (κ1) is 15.0. The normalized spacial score (nSPS) is 13.8. The Hall–Kier alpha value is -1.39. The van der Waals surface area contributed by atoms with Gasteiger partial charge in [-0.25, -0.2) is 4.39 Å². The van der Waals surface area contributed by atoms with Crippen molar-refractivity contribution in [2.75, 3.05) is 11.9 Å². The molecule has 2 aromatic carbocycles. The Morgan fingerprint density at radius 3 is 2.60 bits per heavy atom. The highest BCUT2D eigenvalue weighted by Crippen LogP contribution is 2.26. The summed E-state index contributed by atoms with van der Waals surface area (Å²) in [5.41, 5.74) is 1.19. The summed E-state index contributed by atoms with van der Waals surface area (Å²) in [5.74, 6) is -0.260. The van der Waals surface area contributed by atoms with E-state index in [1.807, 2.05) is 37.3 Å². The molecule has 2 nitrogen and oxygen atoms in total. The van der Waals surface area contributed by atoms with Crippen LogP contribution in [0, 0.1) is 5.82 Å². The monoisotopic (exact) mass is 337 g/mol. The third-order valence-corrected chi connectivity index (χ3v) is 3.83. The van der Waals surface area contributed by atoms with Gasteiger partial charge in [-0.1, -0.05) is 24.3 Å². The van der Waals surface area contributed by atoms with Crippen molar-refractivity contribution in [2.45, 2.75) is 18.9 Å². The van der Waals surface area contributed by atoms with Gasteiger partial charge in [0.25, 0.3) is 0 Å². The Labute approximate surface area is 126 Å². The van der Waals surface area contributed by atoms with Crippen molar-refractivity contribution in [2.24, 2.45) is 0 Å². The fourth-order valence-electron chi connectivity index (χ4n) is 2.12. The second-order valence-electron chi connectivity index (χ2n) is 5.13. The first-order valence-electron chi connectivity index (χ1n) is 6.40. The molecule has 0 heterocycles. The maximum absolute atomic E-state index is 13.2. The minimum Gasteiger partial charge on any atom is -0.394 e. The molecule has 0 bridgehead atoms. The molecular weight excluding hydrogens is 321 g/mol. The van der Waals surface area contributed by atoms with Crippen LogP contribution in [0.3, 0.4) is 0 Å². The molecule has 0 aliphatic heterocycles. The fraction of sp³-hybridized carbons (Fsp3) is 0.250. The van der Waals surface area contributed by atoms with E-state index in [1.54, 1.807) is 6.07 Å². The summed E-state index contributed by atoms with van der Waals surface area (Å²) in [6, 6.07) is 14.2. The van der Waals surface area contributed by atoms with Gasteiger partial charge in [0.1, 0.15) is 5.82 Å². The molecule has 4 heteroatoms. The van der Waals surface area contributed by atoms with Crippen molar-refractivity contribution < 1.29 is 9.50 Å². The molecule has 0 saturated heterocycles. The Morgan fingerprint density at radius 2 is 1.95 bits per heavy atom. The number of anilines is 1. The molecule has 0 aromatic heterocycles. The first-order chi connectivity index (χ1) is 9.52. The van der Waals surface area contributed by atoms with E-state index in [9.17, 15) is 9.50 Å². The minimum absolute atomic E-state index is 0.0507. The molecule has 2 N–H and O–H groups in total. The number of rotatable bonds is 5. The zero-order chi connectivity index (χ0) is 14.6. The third kappa shape index (κ3) is 3.81. The molecule has 0 aliphatic carbocycles. The molecule has 0 radical (unpaired) electrons. The summed E-state index contributed by atoms with van der Waals surface area (Å²) in [7, 11) is 0. The van der Waals surface area contributed by atoms with Gasteiger partial charge in [0.15, 0.2) is 0 Å². The number of hydrogen-bond acceptors (Lipinski definition) is 2. The van der Waals surface area contributed by atoms with Crippen LogP contribution in [-0.2, 0) is 6.42 Å². The van der Waals surface area contributed by atoms with Gasteiger partial charge in [0.2, 0.25) is 0 Å². The van der Waals surface area contributed by atoms with E-state index in [4.69, 9.17) is 0 Å². The predicted molar refractivity (Wildman–Crippen MR) is 83.4 cm³/mol. The van der Waals surface area contributed by atoms with Crippen LogP contribution < -0.4 is 5.32 Å². The zero-order valence-electron chi connectivity index (χ0n) is 11.2. The van der Waals surface area contributed by atoms with Crippen molar-refractivity contribution >= 4 is 21.6 Å². The summed E-state index contributed by atoms with van der Waals surface area (Å²) in [6.07, 6.45) is 0.530. The standard InChI is InChI=1S/C16H17BrFNO/c1-16(11-20,10-12-5-4-6-13(18)9-12)19-15-8-3-2-7-14(15)17/h2-9,19-20H,10-11H2,1H3. The number of benzene rings is 2. The molecular formula is C16H17BrFNO. The molecule has 1 atom stereocenters. The second kappa shape index (κ2) is 6.37. The molecule has 2 aromatic rings. The van der Waals surface area contributed by atoms with Crippen LogP contribution >= 0.6 is 15.9 Å². The zero-order valence-corrected chi connectivity index (χ0v) is 12.8. The van der Waals surface area contributed by atoms with E-state index in [0.717, 1.165) is 15.7 Å². The number of para-hydroxylation sites is 1. The second-order valence-corrected chi connectivity index (χ2v) is 5.98. The van der Waals surface area contributed by atoms with Crippen LogP contribution in [0.15, 0.2) is 53.0 Å². The van der Waals surface area contributed by atoms with Gasteiger partial charge < -0.3 is 10.4 Å². The van der Waals surface area contributed by atoms with Crippen molar-refractivity contribution in [1.29, 1.82) is 0 Å². The Kier molecular flexibility index (Phi) is 4.78. The van der Waals surface area contributed by atoms with Crippen molar-refractivity contribution in [3.05, 3.63) is 64.4 Å². The van der Waals surface area contributed by atoms with Crippen LogP contribution in [0.1, 0.15) is 12.5 Å². The summed E-state index contributed by atoms with van der Waals surface area (Å²) in [5, 5.41) is 13.0. The van der Waals surface area contributed by atoms with E-state index < -0.39 is 5.54 Å². The summed E-state index contributed by atoms with van der Waals surface area (Å²) < 4.78 is 14.2. The Balaban J connectivity index is 2.19. The van der Waals surface area contributed by atoms with Gasteiger partial charge in [-0.3, -0.25) is 0 Å². The van der Waals surface area contributed by atoms with Gasteiger partial charge in [0.05, 0.1) is 12.1 Å². The molecule has 2 rings (SSSR count). The van der Waals surface area contributed by atoms with Gasteiger partial charge in [-0.2, -0.15) is 0 Å². The molecule has 0 saturated carbocycles. The third-order valence-electron chi connectivity index (χ3n) is 3.14. The van der Waals surface area contributed by atoms with E-state index in [1.165, 1.54) is 12.1 Å². The van der Waals surface area contributed by atoms with Crippen LogP contribution in [0.4, 0.5) is 10.1 Å². The quantitative estimate of drug-likeness (QED) is 0.864. The fourth-order valence-corrected chi connectivity index (χ4v) is 2.51. The lowest BCUT2D eigenvalue weighted by molar-refractivity contribution is 0.222. The average molecular weight is 338 g/mol. The number of hydrogen-bond donors (Lipinski definition) is 2. The molecule has 106 valence electrons. The number of halogens is 2. The number of aliphatic hydroxyl groups excluding tert-OH is 1. The summed E-state index contributed by atoms with van der Waals surface area (Å²) in [6.45, 7) is 1.86. The molecule has 0 fully saturated rings. The average Bonchev–Trinajstić information content (AvgIpc) is 2.41. The lowest BCUT2D eigenvalue weighted by Crippen LogP contribution is -2.41. The number of nitrogens with one attached hydrogen (secondary N) is 1. The number of aliphatic hydroxyl groups is 1. The van der Waals surface area contributed by atoms with Crippen LogP contribution in [0.2, 0.25) is 0 Å². The maximum Gasteiger partial charge on any atom is 0.123 e. The van der Waals surface area contributed by atoms with Crippen LogP contribution in [0.25, 0.3) is 0 Å². The molecule has 0 aliphatic rings. The predicted octanol–water partition coefficient (Wildman–Crippen LogP) is 3.99. The van der Waals surface area contributed by atoms with Crippen molar-refractivity contribution in [3.63, 3.8) is 0 Å². The van der Waals surface area contributed by atoms with Crippen molar-refractivity contribution in [3.8, 4) is 0 Å². The maximum atomic E-state index is 13.2. The summed E-state index contributed by atoms with van der Waals surface area (Å²) >= 11 is 3.47. The van der Waals surface area contributed by atoms with Gasteiger partial charge in [-0.05, 0) is 59.1 Å². The lowest BCUT2D eigenvalue weighted by atomic mass is 9.93. The van der Waals surface area contributed by atoms with Crippen LogP contribution in [-0.4, -0.2) is 17.3 Å². The highest BCUT2D eigenvalue weighted by molar-refractivity contribution is 9.10. The SMILES string of the molecule is CC(CO)(Cc1cccc(F)c1)Nc1ccccc1Br. The largest absolute Gasteiger partial charge is 0.394 e. The van der Waals surface area contributed by atoms with Crippen LogP contribution in [0.5, 0.6) is 0 Å². The van der Waals surface area contributed by atoms with E-state index in [2.05, 4.69) is 21.2 Å². The molecule has 1 unspecified atom stereocenters. The lowest BCUT2D eigenvalue weighted by Gasteiger charge is -2.30. The Bertz CT molecular complexity index is 590. The molecule has 0 amide bonds. The van der Waals surface area contributed by atoms with Gasteiger partial charge in [0, 0.05) is 10.2 Å². The molecule has 0 spiro atoms. The van der Waals surface area contributed by atoms with E-state index in [-0.39, 0.29) is 12.4 Å².